The van der Waals surface area contributed by atoms with Crippen molar-refractivity contribution < 1.29 is 14.0 Å². The zero-order valence-corrected chi connectivity index (χ0v) is 16.0. The van der Waals surface area contributed by atoms with E-state index in [-0.39, 0.29) is 29.5 Å². The molecule has 144 valence electrons. The van der Waals surface area contributed by atoms with Crippen LogP contribution in [0, 0.1) is 5.82 Å². The molecule has 1 heterocycles. The fourth-order valence-corrected chi connectivity index (χ4v) is 3.28. The summed E-state index contributed by atoms with van der Waals surface area (Å²) in [5.74, 6) is -1.21. The molecule has 0 radical (unpaired) electrons. The van der Waals surface area contributed by atoms with Gasteiger partial charge < -0.3 is 5.32 Å². The fraction of sp³-hybridized carbons (Fsp3) is 0.0435. The van der Waals surface area contributed by atoms with E-state index in [1.54, 1.807) is 48.5 Å². The van der Waals surface area contributed by atoms with Gasteiger partial charge in [-0.2, -0.15) is 0 Å². The monoisotopic (exact) mass is 406 g/mol. The predicted molar refractivity (Wildman–Crippen MR) is 110 cm³/mol. The maximum atomic E-state index is 13.2. The minimum absolute atomic E-state index is 0.125. The first-order valence-electron chi connectivity index (χ1n) is 8.96. The summed E-state index contributed by atoms with van der Waals surface area (Å²) in [6, 6.07) is 21.6. The average Bonchev–Trinajstić information content (AvgIpc) is 2.96. The molecule has 0 spiro atoms. The molecule has 0 bridgehead atoms. The summed E-state index contributed by atoms with van der Waals surface area (Å²) >= 11 is 5.92. The highest BCUT2D eigenvalue weighted by Crippen LogP contribution is 2.31. The maximum Gasteiger partial charge on any atom is 0.278 e. The van der Waals surface area contributed by atoms with Gasteiger partial charge in [-0.1, -0.05) is 54.1 Å². The summed E-state index contributed by atoms with van der Waals surface area (Å²) in [6.45, 7) is 0.125. The quantitative estimate of drug-likeness (QED) is 0.615. The van der Waals surface area contributed by atoms with Gasteiger partial charge in [-0.15, -0.1) is 0 Å². The standard InChI is InChI=1S/C23H16ClFN2O2/c24-17-8-6-15(7-9-17)14-27-22(28)20(16-4-2-1-3-5-16)21(23(27)29)26-19-12-10-18(25)11-13-19/h1-13,26H,14H2. The second-order valence-corrected chi connectivity index (χ2v) is 7.01. The van der Waals surface area contributed by atoms with E-state index in [2.05, 4.69) is 5.32 Å². The van der Waals surface area contributed by atoms with E-state index in [4.69, 9.17) is 11.6 Å². The van der Waals surface area contributed by atoms with Crippen LogP contribution in [0.15, 0.2) is 84.6 Å². The lowest BCUT2D eigenvalue weighted by atomic mass is 10.0. The summed E-state index contributed by atoms with van der Waals surface area (Å²) in [4.78, 5) is 27.5. The Hall–Kier alpha value is -3.44. The second-order valence-electron chi connectivity index (χ2n) is 6.57. The number of imide groups is 1. The molecule has 3 aromatic carbocycles. The largest absolute Gasteiger partial charge is 0.350 e. The zero-order chi connectivity index (χ0) is 20.4. The predicted octanol–water partition coefficient (Wildman–Crippen LogP) is 4.87. The van der Waals surface area contributed by atoms with Crippen molar-refractivity contribution in [3.8, 4) is 0 Å². The van der Waals surface area contributed by atoms with Crippen molar-refractivity contribution >= 4 is 34.7 Å². The first-order valence-corrected chi connectivity index (χ1v) is 9.33. The molecule has 1 N–H and O–H groups in total. The number of amides is 2. The molecule has 29 heavy (non-hydrogen) atoms. The smallest absolute Gasteiger partial charge is 0.278 e. The van der Waals surface area contributed by atoms with Crippen molar-refractivity contribution in [1.82, 2.24) is 4.90 Å². The molecule has 4 rings (SSSR count). The molecule has 3 aromatic rings. The third kappa shape index (κ3) is 3.91. The number of carbonyl (C=O) groups is 2. The summed E-state index contributed by atoms with van der Waals surface area (Å²) < 4.78 is 13.2. The lowest BCUT2D eigenvalue weighted by molar-refractivity contribution is -0.137. The third-order valence-electron chi connectivity index (χ3n) is 4.60. The Morgan fingerprint density at radius 2 is 1.48 bits per heavy atom. The Bertz CT molecular complexity index is 1090. The molecule has 0 saturated heterocycles. The van der Waals surface area contributed by atoms with Gasteiger partial charge in [-0.05, 0) is 47.5 Å². The highest BCUT2D eigenvalue weighted by Gasteiger charge is 2.39. The molecule has 0 fully saturated rings. The van der Waals surface area contributed by atoms with Gasteiger partial charge in [0.15, 0.2) is 0 Å². The summed E-state index contributed by atoms with van der Waals surface area (Å²) in [6.07, 6.45) is 0. The van der Waals surface area contributed by atoms with Crippen LogP contribution in [0.4, 0.5) is 10.1 Å². The van der Waals surface area contributed by atoms with Gasteiger partial charge in [0, 0.05) is 10.7 Å². The van der Waals surface area contributed by atoms with Crippen LogP contribution in [0.3, 0.4) is 0 Å². The number of nitrogens with one attached hydrogen (secondary N) is 1. The van der Waals surface area contributed by atoms with Gasteiger partial charge in [0.05, 0.1) is 12.1 Å². The minimum Gasteiger partial charge on any atom is -0.350 e. The molecule has 4 nitrogen and oxygen atoms in total. The van der Waals surface area contributed by atoms with Gasteiger partial charge in [-0.25, -0.2) is 4.39 Å². The SMILES string of the molecule is O=C1C(Nc2ccc(F)cc2)=C(c2ccccc2)C(=O)N1Cc1ccc(Cl)cc1. The minimum atomic E-state index is -0.437. The first-order chi connectivity index (χ1) is 14.0. The van der Waals surface area contributed by atoms with Crippen LogP contribution in [0.5, 0.6) is 0 Å². The molecule has 0 unspecified atom stereocenters. The number of halogens is 2. The zero-order valence-electron chi connectivity index (χ0n) is 15.2. The maximum absolute atomic E-state index is 13.2. The van der Waals surface area contributed by atoms with Crippen LogP contribution in [0.2, 0.25) is 5.02 Å². The highest BCUT2D eigenvalue weighted by molar-refractivity contribution is 6.36. The van der Waals surface area contributed by atoms with Crippen LogP contribution in [-0.2, 0) is 16.1 Å². The van der Waals surface area contributed by atoms with Crippen molar-refractivity contribution in [2.75, 3.05) is 5.32 Å². The molecule has 0 aliphatic carbocycles. The van der Waals surface area contributed by atoms with Crippen LogP contribution < -0.4 is 5.32 Å². The molecule has 0 saturated carbocycles. The summed E-state index contributed by atoms with van der Waals surface area (Å²) in [5, 5.41) is 3.58. The topological polar surface area (TPSA) is 49.4 Å². The van der Waals surface area contributed by atoms with Gasteiger partial charge in [-0.3, -0.25) is 14.5 Å². The van der Waals surface area contributed by atoms with Crippen molar-refractivity contribution in [3.63, 3.8) is 0 Å². The Kier molecular flexibility index (Phi) is 5.14. The van der Waals surface area contributed by atoms with E-state index < -0.39 is 5.91 Å². The Morgan fingerprint density at radius 3 is 2.14 bits per heavy atom. The van der Waals surface area contributed by atoms with Gasteiger partial charge >= 0.3 is 0 Å². The second kappa shape index (κ2) is 7.89. The number of anilines is 1. The Balaban J connectivity index is 1.71. The van der Waals surface area contributed by atoms with E-state index in [9.17, 15) is 14.0 Å². The summed E-state index contributed by atoms with van der Waals surface area (Å²) in [5.41, 5.74) is 2.39. The number of nitrogens with zero attached hydrogens (tertiary/aromatic N) is 1. The van der Waals surface area contributed by atoms with Gasteiger partial charge in [0.1, 0.15) is 11.5 Å². The Labute approximate surface area is 172 Å². The lowest BCUT2D eigenvalue weighted by Crippen LogP contribution is -2.32. The number of hydrogen-bond donors (Lipinski definition) is 1. The van der Waals surface area contributed by atoms with Crippen LogP contribution in [0.1, 0.15) is 11.1 Å². The highest BCUT2D eigenvalue weighted by atomic mass is 35.5. The lowest BCUT2D eigenvalue weighted by Gasteiger charge is -2.15. The Morgan fingerprint density at radius 1 is 0.828 bits per heavy atom. The molecule has 2 amide bonds. The number of hydrogen-bond acceptors (Lipinski definition) is 3. The van der Waals surface area contributed by atoms with Crippen LogP contribution >= 0.6 is 11.6 Å². The molecule has 6 heteroatoms. The fourth-order valence-electron chi connectivity index (χ4n) is 3.16. The first kappa shape index (κ1) is 18.9. The van der Waals surface area contributed by atoms with E-state index in [0.29, 0.717) is 16.3 Å². The number of carbonyl (C=O) groups excluding carboxylic acids is 2. The van der Waals surface area contributed by atoms with E-state index >= 15 is 0 Å². The molecular formula is C23H16ClFN2O2. The van der Waals surface area contributed by atoms with Crippen LogP contribution in [-0.4, -0.2) is 16.7 Å². The van der Waals surface area contributed by atoms with Gasteiger partial charge in [0.25, 0.3) is 11.8 Å². The van der Waals surface area contributed by atoms with Crippen molar-refractivity contribution in [2.45, 2.75) is 6.54 Å². The van der Waals surface area contributed by atoms with Crippen LogP contribution in [0.25, 0.3) is 5.57 Å². The van der Waals surface area contributed by atoms with Crippen molar-refractivity contribution in [3.05, 3.63) is 107 Å². The van der Waals surface area contributed by atoms with E-state index in [0.717, 1.165) is 5.56 Å². The molecule has 1 aliphatic heterocycles. The average molecular weight is 407 g/mol. The van der Waals surface area contributed by atoms with E-state index in [1.165, 1.54) is 29.2 Å². The van der Waals surface area contributed by atoms with Crippen molar-refractivity contribution in [2.24, 2.45) is 0 Å². The third-order valence-corrected chi connectivity index (χ3v) is 4.85. The number of benzene rings is 3. The summed E-state index contributed by atoms with van der Waals surface area (Å²) in [7, 11) is 0. The number of rotatable bonds is 5. The normalized spacial score (nSPS) is 13.9. The molecule has 0 atom stereocenters. The van der Waals surface area contributed by atoms with Crippen molar-refractivity contribution in [1.29, 1.82) is 0 Å². The molecule has 0 aromatic heterocycles. The van der Waals surface area contributed by atoms with E-state index in [1.807, 2.05) is 6.07 Å². The molecular weight excluding hydrogens is 391 g/mol. The molecule has 1 aliphatic rings. The van der Waals surface area contributed by atoms with Gasteiger partial charge in [0.2, 0.25) is 0 Å².